The molecule has 0 saturated heterocycles. The summed E-state index contributed by atoms with van der Waals surface area (Å²) in [6.45, 7) is 1.45. The number of carboxylic acids is 1. The second-order valence-corrected chi connectivity index (χ2v) is 5.13. The molecule has 1 heterocycles. The Bertz CT molecular complexity index is 506. The number of nitrogens with one attached hydrogen (secondary N) is 1. The molecule has 0 radical (unpaired) electrons. The van der Waals surface area contributed by atoms with E-state index in [1.54, 1.807) is 0 Å². The van der Waals surface area contributed by atoms with Crippen LogP contribution < -0.4 is 14.8 Å². The van der Waals surface area contributed by atoms with E-state index < -0.39 is 5.97 Å². The van der Waals surface area contributed by atoms with Gasteiger partial charge in [-0.3, -0.25) is 9.59 Å². The SMILES string of the molecule is O=C(O)CSCC(=O)NCc1ccc2c(c1)OCCO2. The van der Waals surface area contributed by atoms with Crippen LogP contribution in [0, 0.1) is 0 Å². The molecule has 0 unspecified atom stereocenters. The molecule has 0 saturated carbocycles. The normalized spacial score (nSPS) is 12.8. The van der Waals surface area contributed by atoms with Crippen molar-refractivity contribution in [3.05, 3.63) is 23.8 Å². The number of aliphatic carboxylic acids is 1. The number of ether oxygens (including phenoxy) is 2. The molecular weight excluding hydrogens is 282 g/mol. The first kappa shape index (κ1) is 14.5. The van der Waals surface area contributed by atoms with E-state index in [9.17, 15) is 9.59 Å². The molecule has 1 aliphatic heterocycles. The third kappa shape index (κ3) is 4.34. The number of hydrogen-bond donors (Lipinski definition) is 2. The highest BCUT2D eigenvalue weighted by Gasteiger charge is 2.12. The lowest BCUT2D eigenvalue weighted by molar-refractivity contribution is -0.133. The van der Waals surface area contributed by atoms with Crippen molar-refractivity contribution in [1.82, 2.24) is 5.32 Å². The first-order valence-electron chi connectivity index (χ1n) is 6.10. The third-order valence-electron chi connectivity index (χ3n) is 2.55. The average molecular weight is 297 g/mol. The van der Waals surface area contributed by atoms with Gasteiger partial charge >= 0.3 is 5.97 Å². The van der Waals surface area contributed by atoms with Crippen LogP contribution in [0.2, 0.25) is 0 Å². The first-order chi connectivity index (χ1) is 9.65. The van der Waals surface area contributed by atoms with Crippen LogP contribution in [0.5, 0.6) is 11.5 Å². The van der Waals surface area contributed by atoms with Gasteiger partial charge in [-0.25, -0.2) is 0 Å². The summed E-state index contributed by atoms with van der Waals surface area (Å²) in [6.07, 6.45) is 0. The molecule has 6 nitrogen and oxygen atoms in total. The fraction of sp³-hybridized carbons (Fsp3) is 0.385. The third-order valence-corrected chi connectivity index (χ3v) is 3.47. The lowest BCUT2D eigenvalue weighted by atomic mass is 10.2. The van der Waals surface area contributed by atoms with Gasteiger partial charge < -0.3 is 19.9 Å². The molecule has 1 aromatic rings. The van der Waals surface area contributed by atoms with Crippen molar-refractivity contribution < 1.29 is 24.2 Å². The summed E-state index contributed by atoms with van der Waals surface area (Å²) in [5.74, 6) is 0.348. The van der Waals surface area contributed by atoms with Gasteiger partial charge in [0.1, 0.15) is 13.2 Å². The van der Waals surface area contributed by atoms with Gasteiger partial charge in [-0.05, 0) is 17.7 Å². The van der Waals surface area contributed by atoms with Crippen LogP contribution in [-0.4, -0.2) is 41.7 Å². The summed E-state index contributed by atoms with van der Waals surface area (Å²) in [4.78, 5) is 21.8. The Morgan fingerprint density at radius 3 is 2.70 bits per heavy atom. The summed E-state index contributed by atoms with van der Waals surface area (Å²) < 4.78 is 10.9. The summed E-state index contributed by atoms with van der Waals surface area (Å²) >= 11 is 1.07. The lowest BCUT2D eigenvalue weighted by Gasteiger charge is -2.18. The van der Waals surface area contributed by atoms with Gasteiger partial charge in [-0.1, -0.05) is 6.07 Å². The molecule has 2 N–H and O–H groups in total. The summed E-state index contributed by atoms with van der Waals surface area (Å²) in [5, 5.41) is 11.2. The molecule has 108 valence electrons. The Hall–Kier alpha value is -1.89. The van der Waals surface area contributed by atoms with Crippen LogP contribution in [0.15, 0.2) is 18.2 Å². The van der Waals surface area contributed by atoms with Gasteiger partial charge in [0.25, 0.3) is 0 Å². The molecular formula is C13H15NO5S. The molecule has 0 aromatic heterocycles. The molecule has 1 aromatic carbocycles. The average Bonchev–Trinajstić information content (AvgIpc) is 2.44. The standard InChI is InChI=1S/C13H15NO5S/c15-12(7-20-8-13(16)17)14-6-9-1-2-10-11(5-9)19-4-3-18-10/h1-2,5H,3-4,6-8H2,(H,14,15)(H,16,17). The summed E-state index contributed by atoms with van der Waals surface area (Å²) in [6, 6.07) is 5.51. The van der Waals surface area contributed by atoms with E-state index >= 15 is 0 Å². The number of carboxylic acid groups (broad SMARTS) is 1. The smallest absolute Gasteiger partial charge is 0.313 e. The predicted molar refractivity (Wildman–Crippen MR) is 74.2 cm³/mol. The molecule has 20 heavy (non-hydrogen) atoms. The van der Waals surface area contributed by atoms with Gasteiger partial charge in [-0.15, -0.1) is 11.8 Å². The van der Waals surface area contributed by atoms with Gasteiger partial charge in [0.05, 0.1) is 11.5 Å². The maximum absolute atomic E-state index is 11.5. The number of thioether (sulfide) groups is 1. The van der Waals surface area contributed by atoms with E-state index in [0.717, 1.165) is 17.3 Å². The molecule has 1 aliphatic rings. The number of carbonyl (C=O) groups is 2. The van der Waals surface area contributed by atoms with Crippen LogP contribution in [0.3, 0.4) is 0 Å². The number of rotatable bonds is 6. The monoisotopic (exact) mass is 297 g/mol. The van der Waals surface area contributed by atoms with Crippen molar-refractivity contribution in [3.8, 4) is 11.5 Å². The zero-order chi connectivity index (χ0) is 14.4. The van der Waals surface area contributed by atoms with Crippen molar-refractivity contribution >= 4 is 23.6 Å². The van der Waals surface area contributed by atoms with E-state index in [-0.39, 0.29) is 17.4 Å². The van der Waals surface area contributed by atoms with Crippen LogP contribution in [-0.2, 0) is 16.1 Å². The number of benzene rings is 1. The molecule has 7 heteroatoms. The second kappa shape index (κ2) is 7.04. The highest BCUT2D eigenvalue weighted by molar-refractivity contribution is 8.00. The maximum Gasteiger partial charge on any atom is 0.313 e. The molecule has 0 fully saturated rings. The van der Waals surface area contributed by atoms with Gasteiger partial charge in [0.2, 0.25) is 5.91 Å². The van der Waals surface area contributed by atoms with Crippen molar-refractivity contribution in [2.45, 2.75) is 6.54 Å². The van der Waals surface area contributed by atoms with Crippen molar-refractivity contribution in [3.63, 3.8) is 0 Å². The molecule has 2 rings (SSSR count). The Balaban J connectivity index is 1.79. The minimum atomic E-state index is -0.922. The highest BCUT2D eigenvalue weighted by atomic mass is 32.2. The van der Waals surface area contributed by atoms with Gasteiger partial charge in [0.15, 0.2) is 11.5 Å². The van der Waals surface area contributed by atoms with E-state index in [1.807, 2.05) is 18.2 Å². The van der Waals surface area contributed by atoms with Crippen molar-refractivity contribution in [2.24, 2.45) is 0 Å². The summed E-state index contributed by atoms with van der Waals surface area (Å²) in [5.41, 5.74) is 0.908. The first-order valence-corrected chi connectivity index (χ1v) is 7.25. The minimum absolute atomic E-state index is 0.0720. The van der Waals surface area contributed by atoms with Crippen LogP contribution >= 0.6 is 11.8 Å². The van der Waals surface area contributed by atoms with Crippen molar-refractivity contribution in [1.29, 1.82) is 0 Å². The van der Waals surface area contributed by atoms with Gasteiger partial charge in [-0.2, -0.15) is 0 Å². The van der Waals surface area contributed by atoms with Crippen LogP contribution in [0.1, 0.15) is 5.56 Å². The molecule has 0 aliphatic carbocycles. The Morgan fingerprint density at radius 1 is 1.20 bits per heavy atom. The van der Waals surface area contributed by atoms with E-state index in [2.05, 4.69) is 5.32 Å². The fourth-order valence-corrected chi connectivity index (χ4v) is 2.24. The fourth-order valence-electron chi connectivity index (χ4n) is 1.68. The zero-order valence-corrected chi connectivity index (χ0v) is 11.6. The van der Waals surface area contributed by atoms with E-state index in [0.29, 0.717) is 31.3 Å². The highest BCUT2D eigenvalue weighted by Crippen LogP contribution is 2.30. The Morgan fingerprint density at radius 2 is 1.95 bits per heavy atom. The molecule has 0 atom stereocenters. The topological polar surface area (TPSA) is 84.9 Å². The molecule has 1 amide bonds. The minimum Gasteiger partial charge on any atom is -0.486 e. The van der Waals surface area contributed by atoms with E-state index in [1.165, 1.54) is 0 Å². The quantitative estimate of drug-likeness (QED) is 0.811. The summed E-state index contributed by atoms with van der Waals surface area (Å²) in [7, 11) is 0. The van der Waals surface area contributed by atoms with E-state index in [4.69, 9.17) is 14.6 Å². The largest absolute Gasteiger partial charge is 0.486 e. The van der Waals surface area contributed by atoms with Gasteiger partial charge in [0, 0.05) is 6.54 Å². The maximum atomic E-state index is 11.5. The van der Waals surface area contributed by atoms with Crippen LogP contribution in [0.25, 0.3) is 0 Å². The predicted octanol–water partition coefficient (Wildman–Crippen LogP) is 0.892. The number of hydrogen-bond acceptors (Lipinski definition) is 5. The zero-order valence-electron chi connectivity index (χ0n) is 10.8. The number of fused-ring (bicyclic) bond motifs is 1. The van der Waals surface area contributed by atoms with Crippen LogP contribution in [0.4, 0.5) is 0 Å². The lowest BCUT2D eigenvalue weighted by Crippen LogP contribution is -2.25. The number of amides is 1. The number of carbonyl (C=O) groups excluding carboxylic acids is 1. The Labute approximate surface area is 120 Å². The second-order valence-electron chi connectivity index (χ2n) is 4.14. The van der Waals surface area contributed by atoms with Crippen molar-refractivity contribution in [2.75, 3.05) is 24.7 Å². The molecule has 0 bridgehead atoms. The Kier molecular flexibility index (Phi) is 5.11. The molecule has 0 spiro atoms.